The summed E-state index contributed by atoms with van der Waals surface area (Å²) < 4.78 is 7.57. The molecule has 2 aromatic carbocycles. The summed E-state index contributed by atoms with van der Waals surface area (Å²) in [6, 6.07) is 13.0. The standard InChI is InChI=1S/C13H8BrIO2/c14-10-7-9(8-16)5-6-12(10)17-13-4-2-1-3-11(13)15/h1-8H. The lowest BCUT2D eigenvalue weighted by Gasteiger charge is -2.09. The third-order valence-electron chi connectivity index (χ3n) is 2.15. The van der Waals surface area contributed by atoms with Crippen molar-refractivity contribution in [2.24, 2.45) is 0 Å². The average Bonchev–Trinajstić information content (AvgIpc) is 2.34. The summed E-state index contributed by atoms with van der Waals surface area (Å²) in [5.41, 5.74) is 0.618. The van der Waals surface area contributed by atoms with Crippen LogP contribution < -0.4 is 4.74 Å². The maximum Gasteiger partial charge on any atom is 0.150 e. The fourth-order valence-electron chi connectivity index (χ4n) is 1.32. The Bertz CT molecular complexity index is 555. The van der Waals surface area contributed by atoms with Crippen LogP contribution >= 0.6 is 38.5 Å². The van der Waals surface area contributed by atoms with Crippen LogP contribution in [0, 0.1) is 3.57 Å². The number of halogens is 2. The van der Waals surface area contributed by atoms with Crippen LogP contribution in [0.5, 0.6) is 11.5 Å². The van der Waals surface area contributed by atoms with Gasteiger partial charge in [0.25, 0.3) is 0 Å². The fourth-order valence-corrected chi connectivity index (χ4v) is 2.29. The highest BCUT2D eigenvalue weighted by Gasteiger charge is 2.06. The molecule has 0 aliphatic heterocycles. The number of rotatable bonds is 3. The van der Waals surface area contributed by atoms with Gasteiger partial charge in [-0.3, -0.25) is 4.79 Å². The van der Waals surface area contributed by atoms with Gasteiger partial charge in [0.1, 0.15) is 17.8 Å². The van der Waals surface area contributed by atoms with Crippen LogP contribution in [0.1, 0.15) is 10.4 Å². The molecule has 0 saturated carbocycles. The molecule has 0 amide bonds. The Hall–Kier alpha value is -0.880. The predicted octanol–water partition coefficient (Wildman–Crippen LogP) is 4.66. The number of hydrogen-bond donors (Lipinski definition) is 0. The summed E-state index contributed by atoms with van der Waals surface area (Å²) >= 11 is 5.60. The first kappa shape index (κ1) is 12.6. The second-order valence-corrected chi connectivity index (χ2v) is 5.36. The van der Waals surface area contributed by atoms with Gasteiger partial charge in [-0.05, 0) is 68.9 Å². The van der Waals surface area contributed by atoms with Gasteiger partial charge < -0.3 is 4.74 Å². The third-order valence-corrected chi connectivity index (χ3v) is 3.66. The molecule has 0 aromatic heterocycles. The van der Waals surface area contributed by atoms with Crippen LogP contribution in [0.15, 0.2) is 46.9 Å². The number of ether oxygens (including phenoxy) is 1. The monoisotopic (exact) mass is 402 g/mol. The molecule has 0 atom stereocenters. The van der Waals surface area contributed by atoms with Gasteiger partial charge in [0.2, 0.25) is 0 Å². The van der Waals surface area contributed by atoms with E-state index < -0.39 is 0 Å². The normalized spacial score (nSPS) is 10.0. The van der Waals surface area contributed by atoms with Crippen LogP contribution in [0.3, 0.4) is 0 Å². The zero-order chi connectivity index (χ0) is 12.3. The van der Waals surface area contributed by atoms with E-state index in [-0.39, 0.29) is 0 Å². The minimum atomic E-state index is 0.618. The molecule has 0 aliphatic carbocycles. The van der Waals surface area contributed by atoms with E-state index >= 15 is 0 Å². The minimum Gasteiger partial charge on any atom is -0.455 e. The molecular weight excluding hydrogens is 395 g/mol. The topological polar surface area (TPSA) is 26.3 Å². The van der Waals surface area contributed by atoms with Crippen molar-refractivity contribution in [2.75, 3.05) is 0 Å². The van der Waals surface area contributed by atoms with Crippen molar-refractivity contribution in [1.82, 2.24) is 0 Å². The van der Waals surface area contributed by atoms with Crippen LogP contribution in [-0.2, 0) is 0 Å². The summed E-state index contributed by atoms with van der Waals surface area (Å²) in [7, 11) is 0. The molecule has 2 rings (SSSR count). The van der Waals surface area contributed by atoms with Crippen LogP contribution in [0.2, 0.25) is 0 Å². The first-order chi connectivity index (χ1) is 8.20. The molecule has 0 heterocycles. The molecule has 0 unspecified atom stereocenters. The molecule has 2 aromatic rings. The summed E-state index contributed by atoms with van der Waals surface area (Å²) in [5, 5.41) is 0. The fraction of sp³-hybridized carbons (Fsp3) is 0. The number of aldehydes is 1. The Balaban J connectivity index is 2.31. The lowest BCUT2D eigenvalue weighted by molar-refractivity contribution is 0.112. The number of benzene rings is 2. The van der Waals surface area contributed by atoms with Crippen molar-refractivity contribution < 1.29 is 9.53 Å². The van der Waals surface area contributed by atoms with E-state index in [1.54, 1.807) is 18.2 Å². The Morgan fingerprint density at radius 2 is 1.88 bits per heavy atom. The van der Waals surface area contributed by atoms with Gasteiger partial charge in [-0.15, -0.1) is 0 Å². The molecule has 0 bridgehead atoms. The van der Waals surface area contributed by atoms with Gasteiger partial charge in [-0.25, -0.2) is 0 Å². The Kier molecular flexibility index (Phi) is 4.17. The largest absolute Gasteiger partial charge is 0.455 e. The predicted molar refractivity (Wildman–Crippen MR) is 78.8 cm³/mol. The summed E-state index contributed by atoms with van der Waals surface area (Å²) in [5.74, 6) is 1.49. The number of hydrogen-bond acceptors (Lipinski definition) is 2. The highest BCUT2D eigenvalue weighted by Crippen LogP contribution is 2.32. The molecule has 0 N–H and O–H groups in total. The number of para-hydroxylation sites is 1. The highest BCUT2D eigenvalue weighted by molar-refractivity contribution is 14.1. The van der Waals surface area contributed by atoms with Crippen molar-refractivity contribution in [3.05, 3.63) is 56.1 Å². The first-order valence-electron chi connectivity index (χ1n) is 4.88. The number of carbonyl (C=O) groups is 1. The molecule has 0 fully saturated rings. The van der Waals surface area contributed by atoms with E-state index in [1.165, 1.54) is 0 Å². The quantitative estimate of drug-likeness (QED) is 0.551. The van der Waals surface area contributed by atoms with Crippen molar-refractivity contribution >= 4 is 44.8 Å². The second kappa shape index (κ2) is 5.64. The maximum absolute atomic E-state index is 10.6. The number of carbonyl (C=O) groups excluding carboxylic acids is 1. The molecule has 0 radical (unpaired) electrons. The van der Waals surface area contributed by atoms with Gasteiger partial charge in [0, 0.05) is 5.56 Å². The van der Waals surface area contributed by atoms with E-state index in [9.17, 15) is 4.79 Å². The Morgan fingerprint density at radius 3 is 2.53 bits per heavy atom. The van der Waals surface area contributed by atoms with Crippen LogP contribution in [0.4, 0.5) is 0 Å². The smallest absolute Gasteiger partial charge is 0.150 e. The maximum atomic E-state index is 10.6. The molecule has 2 nitrogen and oxygen atoms in total. The lowest BCUT2D eigenvalue weighted by atomic mass is 10.2. The Morgan fingerprint density at radius 1 is 1.12 bits per heavy atom. The van der Waals surface area contributed by atoms with Crippen molar-refractivity contribution in [2.45, 2.75) is 0 Å². The average molecular weight is 403 g/mol. The van der Waals surface area contributed by atoms with Gasteiger partial charge >= 0.3 is 0 Å². The SMILES string of the molecule is O=Cc1ccc(Oc2ccccc2I)c(Br)c1. The van der Waals surface area contributed by atoms with Crippen LogP contribution in [-0.4, -0.2) is 6.29 Å². The molecule has 86 valence electrons. The molecule has 4 heteroatoms. The van der Waals surface area contributed by atoms with E-state index in [2.05, 4.69) is 38.5 Å². The second-order valence-electron chi connectivity index (χ2n) is 3.34. The van der Waals surface area contributed by atoms with Crippen molar-refractivity contribution in [3.63, 3.8) is 0 Å². The van der Waals surface area contributed by atoms with Crippen molar-refractivity contribution in [1.29, 1.82) is 0 Å². The summed E-state index contributed by atoms with van der Waals surface area (Å²) in [6.45, 7) is 0. The van der Waals surface area contributed by atoms with E-state index in [4.69, 9.17) is 4.74 Å². The molecule has 17 heavy (non-hydrogen) atoms. The van der Waals surface area contributed by atoms with E-state index in [0.29, 0.717) is 11.3 Å². The minimum absolute atomic E-state index is 0.618. The zero-order valence-corrected chi connectivity index (χ0v) is 12.4. The summed E-state index contributed by atoms with van der Waals surface area (Å²) in [6.07, 6.45) is 0.806. The molecular formula is C13H8BrIO2. The molecule has 0 spiro atoms. The van der Waals surface area contributed by atoms with Crippen LogP contribution in [0.25, 0.3) is 0 Å². The third kappa shape index (κ3) is 3.07. The summed E-state index contributed by atoms with van der Waals surface area (Å²) in [4.78, 5) is 10.6. The molecule has 0 saturated heterocycles. The highest BCUT2D eigenvalue weighted by atomic mass is 127. The zero-order valence-electron chi connectivity index (χ0n) is 8.69. The van der Waals surface area contributed by atoms with Gasteiger partial charge in [0.15, 0.2) is 0 Å². The van der Waals surface area contributed by atoms with E-state index in [1.807, 2.05) is 24.3 Å². The first-order valence-corrected chi connectivity index (χ1v) is 6.75. The van der Waals surface area contributed by atoms with E-state index in [0.717, 1.165) is 20.1 Å². The lowest BCUT2D eigenvalue weighted by Crippen LogP contribution is -1.89. The van der Waals surface area contributed by atoms with Gasteiger partial charge in [-0.1, -0.05) is 12.1 Å². The van der Waals surface area contributed by atoms with Gasteiger partial charge in [0.05, 0.1) is 8.04 Å². The Labute approximate surface area is 121 Å². The van der Waals surface area contributed by atoms with Crippen molar-refractivity contribution in [3.8, 4) is 11.5 Å². The van der Waals surface area contributed by atoms with Gasteiger partial charge in [-0.2, -0.15) is 0 Å². The molecule has 0 aliphatic rings.